The number of rotatable bonds is 5. The van der Waals surface area contributed by atoms with Gasteiger partial charge in [-0.1, -0.05) is 6.42 Å². The number of nitrogens with one attached hydrogen (secondary N) is 4. The molecule has 6 atom stereocenters. The lowest BCUT2D eigenvalue weighted by Gasteiger charge is -2.39. The van der Waals surface area contributed by atoms with Crippen LogP contribution >= 0.6 is 0 Å². The molecule has 0 aromatic rings. The van der Waals surface area contributed by atoms with Crippen molar-refractivity contribution in [2.75, 3.05) is 46.3 Å². The minimum Gasteiger partial charge on any atom is -0.301 e. The lowest BCUT2D eigenvalue weighted by Crippen LogP contribution is -2.57. The maximum atomic E-state index is 13.7. The average Bonchev–Trinajstić information content (AvgIpc) is 3.47. The van der Waals surface area contributed by atoms with Gasteiger partial charge in [0.05, 0.1) is 12.7 Å². The first kappa shape index (κ1) is 23.3. The Bertz CT molecular complexity index is 786. The Labute approximate surface area is 189 Å². The van der Waals surface area contributed by atoms with Gasteiger partial charge < -0.3 is 5.32 Å². The van der Waals surface area contributed by atoms with E-state index in [2.05, 4.69) is 25.9 Å². The van der Waals surface area contributed by atoms with Crippen LogP contribution in [0.2, 0.25) is 0 Å². The minimum atomic E-state index is -3.48. The lowest BCUT2D eigenvalue weighted by molar-refractivity contribution is -0.0000148. The van der Waals surface area contributed by atoms with E-state index < -0.39 is 21.2 Å². The molecule has 0 aromatic carbocycles. The van der Waals surface area contributed by atoms with Crippen LogP contribution in [-0.2, 0) is 10.0 Å². The molecule has 4 heterocycles. The molecule has 32 heavy (non-hydrogen) atoms. The number of likely N-dealkylation sites (N-methyl/N-ethyl adjacent to an activating group) is 1. The number of hydrogen-bond donors (Lipinski definition) is 4. The topological polar surface area (TPSA) is 92.0 Å². The Morgan fingerprint density at radius 3 is 2.75 bits per heavy atom. The highest BCUT2D eigenvalue weighted by molar-refractivity contribution is 7.90. The van der Waals surface area contributed by atoms with Gasteiger partial charge in [0.15, 0.2) is 0 Å². The van der Waals surface area contributed by atoms with Gasteiger partial charge >= 0.3 is 0 Å². The number of alkyl halides is 2. The Hall–Kier alpha value is -0.470. The molecule has 184 valence electrons. The number of fused-ring (bicyclic) bond motifs is 1. The third kappa shape index (κ3) is 4.70. The number of hydrogen-bond acceptors (Lipinski definition) is 8. The molecule has 6 unspecified atom stereocenters. The van der Waals surface area contributed by atoms with E-state index in [-0.39, 0.29) is 37.3 Å². The van der Waals surface area contributed by atoms with Crippen molar-refractivity contribution in [2.45, 2.75) is 74.0 Å². The molecule has 0 spiro atoms. The van der Waals surface area contributed by atoms with Crippen molar-refractivity contribution in [3.8, 4) is 0 Å². The van der Waals surface area contributed by atoms with Crippen molar-refractivity contribution in [1.82, 2.24) is 35.8 Å². The summed E-state index contributed by atoms with van der Waals surface area (Å²) in [6.45, 7) is 2.70. The van der Waals surface area contributed by atoms with Gasteiger partial charge in [-0.15, -0.1) is 0 Å². The lowest BCUT2D eigenvalue weighted by atomic mass is 9.82. The van der Waals surface area contributed by atoms with E-state index in [1.807, 2.05) is 17.0 Å². The molecule has 4 aliphatic heterocycles. The Balaban J connectivity index is 1.17. The van der Waals surface area contributed by atoms with Crippen molar-refractivity contribution < 1.29 is 17.2 Å². The molecular formula is C20H37F2N7O2S. The molecule has 1 saturated carbocycles. The van der Waals surface area contributed by atoms with E-state index >= 15 is 0 Å². The van der Waals surface area contributed by atoms with Crippen molar-refractivity contribution in [3.63, 3.8) is 0 Å². The van der Waals surface area contributed by atoms with Gasteiger partial charge in [0, 0.05) is 57.8 Å². The first-order valence-electron chi connectivity index (χ1n) is 12.0. The summed E-state index contributed by atoms with van der Waals surface area (Å²) < 4.78 is 56.9. The van der Waals surface area contributed by atoms with E-state index in [0.29, 0.717) is 32.0 Å². The van der Waals surface area contributed by atoms with Crippen LogP contribution in [0.1, 0.15) is 38.5 Å². The highest BCUT2D eigenvalue weighted by atomic mass is 32.2. The zero-order chi connectivity index (χ0) is 22.5. The van der Waals surface area contributed by atoms with Crippen LogP contribution in [0.3, 0.4) is 0 Å². The standard InChI is InChI=1S/C20H37F2N7O2S/c1-27-19-14(10-24-27)3-2-4-17(19)26-32(30,31)16-11-25-29(12-16)18-9-15(5-7-23-18)28-8-6-20(21,22)13-28/h14-19,23-26H,2-13H2,1H3. The Morgan fingerprint density at radius 2 is 1.97 bits per heavy atom. The molecule has 5 aliphatic rings. The van der Waals surface area contributed by atoms with E-state index in [1.165, 1.54) is 0 Å². The van der Waals surface area contributed by atoms with Crippen LogP contribution in [0.25, 0.3) is 0 Å². The van der Waals surface area contributed by atoms with Crippen molar-refractivity contribution in [1.29, 1.82) is 0 Å². The number of nitrogens with zero attached hydrogens (tertiary/aromatic N) is 3. The van der Waals surface area contributed by atoms with Crippen LogP contribution < -0.4 is 20.9 Å². The maximum Gasteiger partial charge on any atom is 0.261 e. The van der Waals surface area contributed by atoms with Gasteiger partial charge in [0.25, 0.3) is 5.92 Å². The van der Waals surface area contributed by atoms with Gasteiger partial charge in [0.2, 0.25) is 10.0 Å². The quantitative estimate of drug-likeness (QED) is 0.422. The summed E-state index contributed by atoms with van der Waals surface area (Å²) in [4.78, 5) is 1.91. The van der Waals surface area contributed by atoms with Gasteiger partial charge in [-0.25, -0.2) is 31.9 Å². The number of halogens is 2. The predicted octanol–water partition coefficient (Wildman–Crippen LogP) is -0.499. The molecule has 0 aromatic heterocycles. The van der Waals surface area contributed by atoms with Crippen molar-refractivity contribution >= 4 is 10.0 Å². The molecule has 4 saturated heterocycles. The first-order chi connectivity index (χ1) is 15.2. The predicted molar refractivity (Wildman–Crippen MR) is 117 cm³/mol. The largest absolute Gasteiger partial charge is 0.301 e. The number of hydrazine groups is 2. The van der Waals surface area contributed by atoms with Gasteiger partial charge in [-0.3, -0.25) is 15.8 Å². The second kappa shape index (κ2) is 8.95. The summed E-state index contributed by atoms with van der Waals surface area (Å²) in [7, 11) is -1.49. The summed E-state index contributed by atoms with van der Waals surface area (Å²) >= 11 is 0. The highest BCUT2D eigenvalue weighted by Gasteiger charge is 2.46. The molecule has 5 rings (SSSR count). The van der Waals surface area contributed by atoms with Crippen molar-refractivity contribution in [2.24, 2.45) is 5.92 Å². The summed E-state index contributed by atoms with van der Waals surface area (Å²) in [6, 6.07) is 0.236. The van der Waals surface area contributed by atoms with Crippen LogP contribution in [0.4, 0.5) is 8.78 Å². The SMILES string of the molecule is CN1NCC2CCCC(NS(=O)(=O)C3CNN(C4CC(N5CCC(F)(F)C5)CCN4)C3)C21. The highest BCUT2D eigenvalue weighted by Crippen LogP contribution is 2.33. The Morgan fingerprint density at radius 1 is 1.12 bits per heavy atom. The average molecular weight is 478 g/mol. The van der Waals surface area contributed by atoms with Crippen LogP contribution in [0, 0.1) is 5.92 Å². The molecule has 5 fully saturated rings. The van der Waals surface area contributed by atoms with E-state index in [9.17, 15) is 17.2 Å². The molecule has 12 heteroatoms. The summed E-state index contributed by atoms with van der Waals surface area (Å²) in [5.74, 6) is -2.10. The summed E-state index contributed by atoms with van der Waals surface area (Å²) in [5, 5.41) is 6.96. The fourth-order valence-electron chi connectivity index (χ4n) is 6.41. The molecule has 9 nitrogen and oxygen atoms in total. The maximum absolute atomic E-state index is 13.7. The fraction of sp³-hybridized carbons (Fsp3) is 1.00. The monoisotopic (exact) mass is 477 g/mol. The normalized spacial score (nSPS) is 41.8. The van der Waals surface area contributed by atoms with Crippen LogP contribution in [-0.4, -0.2) is 105 Å². The van der Waals surface area contributed by atoms with E-state index in [0.717, 1.165) is 38.8 Å². The zero-order valence-electron chi connectivity index (χ0n) is 18.8. The molecular weight excluding hydrogens is 440 g/mol. The third-order valence-electron chi connectivity index (χ3n) is 8.16. The minimum absolute atomic E-state index is 0.0487. The second-order valence-electron chi connectivity index (χ2n) is 10.3. The number of piperidine rings is 1. The van der Waals surface area contributed by atoms with Crippen LogP contribution in [0.5, 0.6) is 0 Å². The van der Waals surface area contributed by atoms with Gasteiger partial charge in [-0.2, -0.15) is 0 Å². The fourth-order valence-corrected chi connectivity index (χ4v) is 7.94. The molecule has 0 radical (unpaired) electrons. The number of sulfonamides is 1. The third-order valence-corrected chi connectivity index (χ3v) is 9.98. The second-order valence-corrected chi connectivity index (χ2v) is 12.3. The Kier molecular flexibility index (Phi) is 6.51. The molecule has 0 amide bonds. The number of likely N-dealkylation sites (tertiary alicyclic amines) is 1. The van der Waals surface area contributed by atoms with E-state index in [1.54, 1.807) is 0 Å². The molecule has 0 bridgehead atoms. The van der Waals surface area contributed by atoms with E-state index in [4.69, 9.17) is 0 Å². The zero-order valence-corrected chi connectivity index (χ0v) is 19.6. The summed E-state index contributed by atoms with van der Waals surface area (Å²) in [5.41, 5.74) is 6.61. The van der Waals surface area contributed by atoms with Crippen LogP contribution in [0.15, 0.2) is 0 Å². The molecule has 1 aliphatic carbocycles. The van der Waals surface area contributed by atoms with Gasteiger partial charge in [-0.05, 0) is 38.1 Å². The summed E-state index contributed by atoms with van der Waals surface area (Å²) in [6.07, 6.45) is 4.48. The first-order valence-corrected chi connectivity index (χ1v) is 13.6. The smallest absolute Gasteiger partial charge is 0.261 e. The van der Waals surface area contributed by atoms with Gasteiger partial charge in [0.1, 0.15) is 5.25 Å². The van der Waals surface area contributed by atoms with Crippen molar-refractivity contribution in [3.05, 3.63) is 0 Å². The molecule has 4 N–H and O–H groups in total.